The minimum absolute atomic E-state index is 1.11. The molecule has 13 rings (SSSR count). The Hall–Kier alpha value is -8.14. The van der Waals surface area contributed by atoms with Gasteiger partial charge in [0, 0.05) is 55.2 Å². The number of nitrogens with zero attached hydrogens (tertiary/aromatic N) is 3. The molecule has 0 saturated carbocycles. The van der Waals surface area contributed by atoms with Crippen LogP contribution >= 0.6 is 0 Å². The Bertz CT molecular complexity index is 3610. The van der Waals surface area contributed by atoms with Gasteiger partial charge in [-0.15, -0.1) is 0 Å². The first-order chi connectivity index (χ1) is 30.3. The van der Waals surface area contributed by atoms with Crippen LogP contribution in [0.1, 0.15) is 0 Å². The number of para-hydroxylation sites is 3. The van der Waals surface area contributed by atoms with Crippen molar-refractivity contribution >= 4 is 71.4 Å². The van der Waals surface area contributed by atoms with Gasteiger partial charge in [-0.2, -0.15) is 0 Å². The Balaban J connectivity index is 1.26. The molecule has 1 aliphatic rings. The molecule has 0 atom stereocenters. The summed E-state index contributed by atoms with van der Waals surface area (Å²) >= 11 is 0. The van der Waals surface area contributed by atoms with Crippen LogP contribution in [-0.4, -0.2) is 9.13 Å². The highest BCUT2D eigenvalue weighted by Crippen LogP contribution is 2.56. The first-order valence-electron chi connectivity index (χ1n) is 21.0. The molecule has 3 heteroatoms. The van der Waals surface area contributed by atoms with Gasteiger partial charge in [0.05, 0.1) is 27.8 Å². The molecular weight excluding hydrogens is 739 g/mol. The number of fused-ring (bicyclic) bond motifs is 1. The van der Waals surface area contributed by atoms with Crippen molar-refractivity contribution in [1.82, 2.24) is 9.13 Å². The van der Waals surface area contributed by atoms with Crippen molar-refractivity contribution in [2.45, 2.75) is 0 Å². The fourth-order valence-electron chi connectivity index (χ4n) is 10.3. The van der Waals surface area contributed by atoms with E-state index < -0.39 is 0 Å². The summed E-state index contributed by atoms with van der Waals surface area (Å²) in [6, 6.07) is 82.1. The second-order valence-electron chi connectivity index (χ2n) is 16.0. The van der Waals surface area contributed by atoms with Crippen LogP contribution in [0.4, 0.5) is 17.1 Å². The van der Waals surface area contributed by atoms with Gasteiger partial charge in [0.15, 0.2) is 0 Å². The second-order valence-corrected chi connectivity index (χ2v) is 16.0. The summed E-state index contributed by atoms with van der Waals surface area (Å²) < 4.78 is 5.00. The standard InChI is InChI=1S/C58H37N3/c1-6-17-38(18-7-1)39-29-31-44(32-30-39)61-51-36-35-49(59(41-21-10-3-11-22-41)42-23-12-4-13-24-42)54-46-27-16-28-48-53(46)56-50(60(48)43-25-14-5-15-26-43)34-33-45-47(40-19-8-2-9-20-40)37-52(61)58(55(45)56)57(51)54/h1-37H. The van der Waals surface area contributed by atoms with Gasteiger partial charge in [-0.3, -0.25) is 0 Å². The molecule has 0 amide bonds. The lowest BCUT2D eigenvalue weighted by molar-refractivity contribution is 1.18. The third-order valence-corrected chi connectivity index (χ3v) is 12.8. The topological polar surface area (TPSA) is 13.1 Å². The number of hydrogen-bond acceptors (Lipinski definition) is 1. The molecule has 0 unspecified atom stereocenters. The van der Waals surface area contributed by atoms with Crippen molar-refractivity contribution in [3.8, 4) is 44.8 Å². The molecule has 2 heterocycles. The van der Waals surface area contributed by atoms with Crippen LogP contribution in [0.3, 0.4) is 0 Å². The van der Waals surface area contributed by atoms with E-state index in [0.717, 1.165) is 28.4 Å². The number of benzene rings is 10. The summed E-state index contributed by atoms with van der Waals surface area (Å²) in [6.45, 7) is 0. The normalized spacial score (nSPS) is 11.9. The molecule has 61 heavy (non-hydrogen) atoms. The molecule has 3 nitrogen and oxygen atoms in total. The van der Waals surface area contributed by atoms with Gasteiger partial charge in [0.2, 0.25) is 0 Å². The zero-order valence-corrected chi connectivity index (χ0v) is 33.2. The van der Waals surface area contributed by atoms with Crippen molar-refractivity contribution in [3.63, 3.8) is 0 Å². The lowest BCUT2D eigenvalue weighted by Crippen LogP contribution is -2.11. The molecule has 1 aliphatic carbocycles. The third-order valence-electron chi connectivity index (χ3n) is 12.8. The van der Waals surface area contributed by atoms with Crippen molar-refractivity contribution < 1.29 is 0 Å². The van der Waals surface area contributed by atoms with Crippen molar-refractivity contribution in [2.24, 2.45) is 0 Å². The predicted molar refractivity (Wildman–Crippen MR) is 257 cm³/mol. The number of rotatable bonds is 7. The first-order valence-corrected chi connectivity index (χ1v) is 21.0. The zero-order chi connectivity index (χ0) is 40.0. The maximum absolute atomic E-state index is 2.52. The van der Waals surface area contributed by atoms with Gasteiger partial charge in [-0.1, -0.05) is 146 Å². The van der Waals surface area contributed by atoms with Crippen molar-refractivity contribution in [1.29, 1.82) is 0 Å². The van der Waals surface area contributed by atoms with Crippen LogP contribution < -0.4 is 4.90 Å². The molecule has 0 radical (unpaired) electrons. The van der Waals surface area contributed by atoms with E-state index in [-0.39, 0.29) is 0 Å². The molecule has 0 N–H and O–H groups in total. The smallest absolute Gasteiger partial charge is 0.0554 e. The highest BCUT2D eigenvalue weighted by atomic mass is 15.1. The highest BCUT2D eigenvalue weighted by molar-refractivity contribution is 6.41. The van der Waals surface area contributed by atoms with Gasteiger partial charge in [0.25, 0.3) is 0 Å². The van der Waals surface area contributed by atoms with Gasteiger partial charge >= 0.3 is 0 Å². The van der Waals surface area contributed by atoms with Gasteiger partial charge in [0.1, 0.15) is 0 Å². The van der Waals surface area contributed by atoms with E-state index in [4.69, 9.17) is 0 Å². The summed E-state index contributed by atoms with van der Waals surface area (Å²) in [4.78, 5) is 2.45. The maximum Gasteiger partial charge on any atom is 0.0554 e. The Morgan fingerprint density at radius 1 is 0.295 bits per heavy atom. The number of aromatic nitrogens is 2. The fraction of sp³-hybridized carbons (Fsp3) is 0. The Morgan fingerprint density at radius 3 is 1.48 bits per heavy atom. The Morgan fingerprint density at radius 2 is 0.803 bits per heavy atom. The van der Waals surface area contributed by atoms with Crippen LogP contribution in [0, 0.1) is 0 Å². The van der Waals surface area contributed by atoms with E-state index in [9.17, 15) is 0 Å². The quantitative estimate of drug-likeness (QED) is 0.157. The van der Waals surface area contributed by atoms with Gasteiger partial charge < -0.3 is 14.0 Å². The van der Waals surface area contributed by atoms with Crippen LogP contribution in [0.25, 0.3) is 99.1 Å². The lowest BCUT2D eigenvalue weighted by Gasteiger charge is -2.28. The van der Waals surface area contributed by atoms with E-state index in [1.807, 2.05) is 0 Å². The largest absolute Gasteiger partial charge is 0.310 e. The van der Waals surface area contributed by atoms with E-state index in [2.05, 4.69) is 238 Å². The van der Waals surface area contributed by atoms with Crippen molar-refractivity contribution in [2.75, 3.05) is 4.90 Å². The average Bonchev–Trinajstić information content (AvgIpc) is 3.81. The molecule has 0 aliphatic heterocycles. The van der Waals surface area contributed by atoms with E-state index in [1.54, 1.807) is 0 Å². The highest BCUT2D eigenvalue weighted by Gasteiger charge is 2.31. The molecule has 2 aromatic heterocycles. The van der Waals surface area contributed by atoms with E-state index >= 15 is 0 Å². The monoisotopic (exact) mass is 775 g/mol. The number of anilines is 3. The zero-order valence-electron chi connectivity index (χ0n) is 33.2. The van der Waals surface area contributed by atoms with Crippen LogP contribution in [0.2, 0.25) is 0 Å². The summed E-state index contributed by atoms with van der Waals surface area (Å²) in [5.74, 6) is 0. The minimum Gasteiger partial charge on any atom is -0.310 e. The molecule has 0 bridgehead atoms. The SMILES string of the molecule is c1ccc(-c2ccc(-n3c4ccc(N(c5ccccc5)c5ccccc5)c5c4c4c6c(ccc7c6c6c-5cccc6n7-c5ccccc5)c(-c5ccccc5)cc43)cc2)cc1. The average molecular weight is 776 g/mol. The molecule has 0 fully saturated rings. The van der Waals surface area contributed by atoms with Crippen molar-refractivity contribution in [3.05, 3.63) is 224 Å². The maximum atomic E-state index is 2.52. The summed E-state index contributed by atoms with van der Waals surface area (Å²) in [7, 11) is 0. The molecular formula is C58H37N3. The molecule has 0 saturated heterocycles. The van der Waals surface area contributed by atoms with E-state index in [1.165, 1.54) is 87.8 Å². The summed E-state index contributed by atoms with van der Waals surface area (Å²) in [5.41, 5.74) is 17.8. The molecule has 284 valence electrons. The summed E-state index contributed by atoms with van der Waals surface area (Å²) in [5, 5.41) is 7.68. The van der Waals surface area contributed by atoms with Gasteiger partial charge in [-0.25, -0.2) is 0 Å². The van der Waals surface area contributed by atoms with Gasteiger partial charge in [-0.05, 0) is 112 Å². The number of hydrogen-bond donors (Lipinski definition) is 0. The van der Waals surface area contributed by atoms with Crippen LogP contribution in [0.5, 0.6) is 0 Å². The third kappa shape index (κ3) is 4.92. The summed E-state index contributed by atoms with van der Waals surface area (Å²) in [6.07, 6.45) is 0. The Labute approximate surface area is 353 Å². The Kier molecular flexibility index (Phi) is 7.31. The minimum atomic E-state index is 1.11. The van der Waals surface area contributed by atoms with Crippen LogP contribution in [0.15, 0.2) is 224 Å². The first kappa shape index (κ1) is 33.8. The molecule has 0 spiro atoms. The predicted octanol–water partition coefficient (Wildman–Crippen LogP) is 15.8. The second kappa shape index (κ2) is 13.2. The van der Waals surface area contributed by atoms with Crippen LogP contribution in [-0.2, 0) is 0 Å². The molecule has 10 aromatic carbocycles. The lowest BCUT2D eigenvalue weighted by atomic mass is 9.92. The van der Waals surface area contributed by atoms with E-state index in [0.29, 0.717) is 0 Å². The molecule has 12 aromatic rings. The fourth-order valence-corrected chi connectivity index (χ4v) is 10.3.